The molecule has 3 nitrogen and oxygen atoms in total. The number of hydrogen-bond acceptors (Lipinski definition) is 3. The number of aryl methyl sites for hydroxylation is 1. The molecule has 0 radical (unpaired) electrons. The molecule has 0 aliphatic rings. The quantitative estimate of drug-likeness (QED) is 0.616. The summed E-state index contributed by atoms with van der Waals surface area (Å²) in [7, 11) is 1.66. The van der Waals surface area contributed by atoms with Crippen LogP contribution in [0.3, 0.4) is 0 Å². The molecule has 0 saturated carbocycles. The zero-order chi connectivity index (χ0) is 12.2. The summed E-state index contributed by atoms with van der Waals surface area (Å²) in [4.78, 5) is 0. The molecule has 0 aliphatic carbocycles. The van der Waals surface area contributed by atoms with E-state index >= 15 is 0 Å². The fourth-order valence-electron chi connectivity index (χ4n) is 1.14. The van der Waals surface area contributed by atoms with Crippen LogP contribution in [0, 0.1) is 6.92 Å². The average molecular weight is 328 g/mol. The first-order valence-electron chi connectivity index (χ1n) is 4.70. The summed E-state index contributed by atoms with van der Waals surface area (Å²) in [5.41, 5.74) is 1.13. The van der Waals surface area contributed by atoms with Crippen LogP contribution in [-0.2, 0) is 9.05 Å². The Labute approximate surface area is 108 Å². The van der Waals surface area contributed by atoms with Crippen LogP contribution in [0.15, 0.2) is 22.7 Å². The zero-order valence-corrected chi connectivity index (χ0v) is 11.9. The van der Waals surface area contributed by atoms with Gasteiger partial charge in [0.2, 0.25) is 9.05 Å². The van der Waals surface area contributed by atoms with E-state index in [-0.39, 0.29) is 5.75 Å². The standard InChI is InChI=1S/C10H12BrClO3S/c1-8-3-4-10(9(11)7-8)15-5-2-6-16(12,13)14/h3-4,7H,2,5-6H2,1H3. The van der Waals surface area contributed by atoms with Gasteiger partial charge in [-0.2, -0.15) is 0 Å². The minimum absolute atomic E-state index is 0.0714. The summed E-state index contributed by atoms with van der Waals surface area (Å²) in [5, 5.41) is 0. The predicted molar refractivity (Wildman–Crippen MR) is 68.6 cm³/mol. The lowest BCUT2D eigenvalue weighted by Gasteiger charge is -2.07. The molecule has 1 aromatic rings. The Morgan fingerprint density at radius 3 is 2.69 bits per heavy atom. The predicted octanol–water partition coefficient (Wildman–Crippen LogP) is 3.10. The molecule has 0 fully saturated rings. The summed E-state index contributed by atoms with van der Waals surface area (Å²) in [6.07, 6.45) is 0.381. The van der Waals surface area contributed by atoms with Gasteiger partial charge in [0.05, 0.1) is 16.8 Å². The van der Waals surface area contributed by atoms with E-state index < -0.39 is 9.05 Å². The van der Waals surface area contributed by atoms with Gasteiger partial charge < -0.3 is 4.74 Å². The Balaban J connectivity index is 2.43. The van der Waals surface area contributed by atoms with Crippen LogP contribution in [0.2, 0.25) is 0 Å². The highest BCUT2D eigenvalue weighted by Gasteiger charge is 2.05. The first-order chi connectivity index (χ1) is 7.38. The van der Waals surface area contributed by atoms with Crippen LogP contribution in [0.1, 0.15) is 12.0 Å². The highest BCUT2D eigenvalue weighted by Crippen LogP contribution is 2.25. The molecule has 1 aromatic carbocycles. The van der Waals surface area contributed by atoms with Gasteiger partial charge in [-0.25, -0.2) is 8.42 Å². The lowest BCUT2D eigenvalue weighted by atomic mass is 10.2. The Morgan fingerprint density at radius 2 is 2.12 bits per heavy atom. The molecule has 0 aliphatic heterocycles. The topological polar surface area (TPSA) is 43.4 Å². The summed E-state index contributed by atoms with van der Waals surface area (Å²) < 4.78 is 27.6. The largest absolute Gasteiger partial charge is 0.492 e. The summed E-state index contributed by atoms with van der Waals surface area (Å²) in [5.74, 6) is 0.635. The van der Waals surface area contributed by atoms with Crippen LogP contribution in [0.4, 0.5) is 0 Å². The number of rotatable bonds is 5. The Morgan fingerprint density at radius 1 is 1.44 bits per heavy atom. The van der Waals surface area contributed by atoms with Gasteiger partial charge in [-0.15, -0.1) is 0 Å². The van der Waals surface area contributed by atoms with Crippen molar-refractivity contribution in [2.24, 2.45) is 0 Å². The maximum Gasteiger partial charge on any atom is 0.232 e. The third-order valence-corrected chi connectivity index (χ3v) is 3.74. The average Bonchev–Trinajstić information content (AvgIpc) is 2.13. The van der Waals surface area contributed by atoms with E-state index in [2.05, 4.69) is 15.9 Å². The van der Waals surface area contributed by atoms with E-state index in [4.69, 9.17) is 15.4 Å². The van der Waals surface area contributed by atoms with E-state index in [9.17, 15) is 8.42 Å². The van der Waals surface area contributed by atoms with Gasteiger partial charge >= 0.3 is 0 Å². The number of halogens is 2. The molecule has 0 aromatic heterocycles. The second-order valence-corrected chi connectivity index (χ2v) is 7.13. The molecule has 0 unspecified atom stereocenters. The molecule has 0 spiro atoms. The fraction of sp³-hybridized carbons (Fsp3) is 0.400. The van der Waals surface area contributed by atoms with Crippen molar-refractivity contribution < 1.29 is 13.2 Å². The van der Waals surface area contributed by atoms with Gasteiger partial charge in [0.25, 0.3) is 0 Å². The minimum Gasteiger partial charge on any atom is -0.492 e. The molecule has 0 bridgehead atoms. The van der Waals surface area contributed by atoms with Crippen molar-refractivity contribution in [2.75, 3.05) is 12.4 Å². The number of benzene rings is 1. The summed E-state index contributed by atoms with van der Waals surface area (Å²) in [6.45, 7) is 2.31. The third-order valence-electron chi connectivity index (χ3n) is 1.88. The molecule has 0 heterocycles. The van der Waals surface area contributed by atoms with Crippen molar-refractivity contribution in [3.8, 4) is 5.75 Å². The number of ether oxygens (including phenoxy) is 1. The highest BCUT2D eigenvalue weighted by molar-refractivity contribution is 9.10. The van der Waals surface area contributed by atoms with Gasteiger partial charge in [-0.05, 0) is 47.0 Å². The molecule has 1 rings (SSSR count). The Hall–Kier alpha value is -0.260. The van der Waals surface area contributed by atoms with Crippen LogP contribution < -0.4 is 4.74 Å². The highest BCUT2D eigenvalue weighted by atomic mass is 79.9. The normalized spacial score (nSPS) is 11.4. The molecule has 6 heteroatoms. The van der Waals surface area contributed by atoms with E-state index in [1.807, 2.05) is 25.1 Å². The van der Waals surface area contributed by atoms with Crippen molar-refractivity contribution >= 4 is 35.7 Å². The second-order valence-electron chi connectivity index (χ2n) is 3.38. The lowest BCUT2D eigenvalue weighted by molar-refractivity contribution is 0.316. The smallest absolute Gasteiger partial charge is 0.232 e. The molecule has 0 atom stereocenters. The molecule has 0 N–H and O–H groups in total. The van der Waals surface area contributed by atoms with E-state index in [0.29, 0.717) is 18.8 Å². The van der Waals surface area contributed by atoms with Crippen LogP contribution in [0.25, 0.3) is 0 Å². The van der Waals surface area contributed by atoms with Gasteiger partial charge in [0.1, 0.15) is 5.75 Å². The van der Waals surface area contributed by atoms with Crippen LogP contribution in [0.5, 0.6) is 5.75 Å². The monoisotopic (exact) mass is 326 g/mol. The second kappa shape index (κ2) is 5.89. The van der Waals surface area contributed by atoms with E-state index in [0.717, 1.165) is 10.0 Å². The Kier molecular flexibility index (Phi) is 5.08. The minimum atomic E-state index is -3.41. The first-order valence-corrected chi connectivity index (χ1v) is 7.97. The maximum atomic E-state index is 10.7. The third kappa shape index (κ3) is 5.18. The molecule has 0 saturated heterocycles. The lowest BCUT2D eigenvalue weighted by Crippen LogP contribution is -2.05. The molecular weight excluding hydrogens is 316 g/mol. The molecular formula is C10H12BrClO3S. The van der Waals surface area contributed by atoms with Crippen molar-refractivity contribution in [2.45, 2.75) is 13.3 Å². The van der Waals surface area contributed by atoms with Gasteiger partial charge in [-0.1, -0.05) is 6.07 Å². The number of hydrogen-bond donors (Lipinski definition) is 0. The SMILES string of the molecule is Cc1ccc(OCCCS(=O)(=O)Cl)c(Br)c1. The molecule has 16 heavy (non-hydrogen) atoms. The van der Waals surface area contributed by atoms with Crippen LogP contribution >= 0.6 is 26.6 Å². The first kappa shape index (κ1) is 13.8. The summed E-state index contributed by atoms with van der Waals surface area (Å²) in [6, 6.07) is 5.71. The van der Waals surface area contributed by atoms with Crippen molar-refractivity contribution in [3.05, 3.63) is 28.2 Å². The van der Waals surface area contributed by atoms with Gasteiger partial charge in [0, 0.05) is 10.7 Å². The Bertz CT molecular complexity index is 459. The van der Waals surface area contributed by atoms with Gasteiger partial charge in [-0.3, -0.25) is 0 Å². The fourth-order valence-corrected chi connectivity index (χ4v) is 2.53. The summed E-state index contributed by atoms with van der Waals surface area (Å²) >= 11 is 3.37. The van der Waals surface area contributed by atoms with Crippen molar-refractivity contribution in [1.29, 1.82) is 0 Å². The van der Waals surface area contributed by atoms with Crippen molar-refractivity contribution in [1.82, 2.24) is 0 Å². The van der Waals surface area contributed by atoms with Crippen molar-refractivity contribution in [3.63, 3.8) is 0 Å². The van der Waals surface area contributed by atoms with Crippen LogP contribution in [-0.4, -0.2) is 20.8 Å². The molecule has 0 amide bonds. The molecule has 90 valence electrons. The van der Waals surface area contributed by atoms with Gasteiger partial charge in [0.15, 0.2) is 0 Å². The van der Waals surface area contributed by atoms with E-state index in [1.54, 1.807) is 0 Å². The zero-order valence-electron chi connectivity index (χ0n) is 8.74. The maximum absolute atomic E-state index is 10.7. The van der Waals surface area contributed by atoms with E-state index in [1.165, 1.54) is 0 Å².